The van der Waals surface area contributed by atoms with Crippen molar-refractivity contribution in [2.24, 2.45) is 0 Å². The van der Waals surface area contributed by atoms with Gasteiger partial charge in [0.1, 0.15) is 5.82 Å². The molecule has 0 radical (unpaired) electrons. The van der Waals surface area contributed by atoms with Crippen molar-refractivity contribution >= 4 is 17.0 Å². The molecule has 0 unspecified atom stereocenters. The number of benzene rings is 2. The molecule has 0 spiro atoms. The molecule has 32 heavy (non-hydrogen) atoms. The Hall–Kier alpha value is -4.27. The number of H-pyrrole nitrogens is 1. The summed E-state index contributed by atoms with van der Waals surface area (Å²) in [5.74, 6) is 0.600. The minimum absolute atomic E-state index is 0.220. The number of fused-ring (bicyclic) bond motifs is 1. The van der Waals surface area contributed by atoms with Crippen LogP contribution in [0.5, 0.6) is 0 Å². The molecule has 0 aliphatic heterocycles. The van der Waals surface area contributed by atoms with E-state index in [0.29, 0.717) is 5.56 Å². The van der Waals surface area contributed by atoms with Crippen LogP contribution in [0.15, 0.2) is 64.1 Å². The summed E-state index contributed by atoms with van der Waals surface area (Å²) in [6, 6.07) is 13.7. The van der Waals surface area contributed by atoms with E-state index in [9.17, 15) is 4.79 Å². The number of aromatic amines is 1. The smallest absolute Gasteiger partial charge is 0.388 e. The predicted molar refractivity (Wildman–Crippen MR) is 122 cm³/mol. The Morgan fingerprint density at radius 1 is 1.00 bits per heavy atom. The van der Waals surface area contributed by atoms with E-state index < -0.39 is 5.76 Å². The first-order valence-corrected chi connectivity index (χ1v) is 10.1. The van der Waals surface area contributed by atoms with Crippen molar-refractivity contribution in [3.05, 3.63) is 65.4 Å². The molecule has 3 heterocycles. The summed E-state index contributed by atoms with van der Waals surface area (Å²) in [5.41, 5.74) is 10.4. The fourth-order valence-corrected chi connectivity index (χ4v) is 3.82. The number of nitrogens with two attached hydrogens (primary N) is 1. The Bertz CT molecular complexity index is 1490. The van der Waals surface area contributed by atoms with Crippen LogP contribution in [0.4, 0.5) is 5.95 Å². The molecule has 0 fully saturated rings. The maximum atomic E-state index is 11.5. The first kappa shape index (κ1) is 19.7. The summed E-state index contributed by atoms with van der Waals surface area (Å²) in [5, 5.41) is 6.34. The number of rotatable bonds is 3. The van der Waals surface area contributed by atoms with Gasteiger partial charge < -0.3 is 14.7 Å². The van der Waals surface area contributed by atoms with Crippen molar-refractivity contribution in [1.82, 2.24) is 29.7 Å². The van der Waals surface area contributed by atoms with E-state index in [-0.39, 0.29) is 17.4 Å². The number of anilines is 1. The maximum Gasteiger partial charge on any atom is 0.434 e. The van der Waals surface area contributed by atoms with Gasteiger partial charge in [-0.15, -0.1) is 5.10 Å². The summed E-state index contributed by atoms with van der Waals surface area (Å²) >= 11 is 0. The number of nitrogen functional groups attached to an aromatic ring is 1. The van der Waals surface area contributed by atoms with E-state index in [1.54, 1.807) is 12.4 Å². The van der Waals surface area contributed by atoms with Crippen molar-refractivity contribution in [3.63, 3.8) is 0 Å². The fraction of sp³-hybridized carbons (Fsp3) is 0.174. The summed E-state index contributed by atoms with van der Waals surface area (Å²) in [6.45, 7) is 6.36. The molecule has 0 saturated carbocycles. The van der Waals surface area contributed by atoms with Crippen LogP contribution in [0, 0.1) is 0 Å². The molecule has 0 amide bonds. The van der Waals surface area contributed by atoms with Crippen molar-refractivity contribution in [2.45, 2.75) is 26.3 Å². The van der Waals surface area contributed by atoms with Gasteiger partial charge in [0.2, 0.25) is 11.8 Å². The SMILES string of the molecule is CC(C)(C)n1c(-c2ccccc2-c2n[nH]c(=O)o2)nc2cc(-c3cnc(N)nc3)ccc21. The highest BCUT2D eigenvalue weighted by Gasteiger charge is 2.25. The van der Waals surface area contributed by atoms with Crippen LogP contribution in [0.2, 0.25) is 0 Å². The van der Waals surface area contributed by atoms with E-state index in [1.807, 2.05) is 42.5 Å². The Balaban J connectivity index is 1.75. The molecule has 9 nitrogen and oxygen atoms in total. The summed E-state index contributed by atoms with van der Waals surface area (Å²) < 4.78 is 7.41. The molecule has 3 aromatic heterocycles. The molecule has 0 bridgehead atoms. The molecule has 5 aromatic rings. The minimum atomic E-state index is -0.602. The van der Waals surface area contributed by atoms with E-state index in [4.69, 9.17) is 15.1 Å². The van der Waals surface area contributed by atoms with Crippen LogP contribution in [-0.4, -0.2) is 29.7 Å². The first-order valence-electron chi connectivity index (χ1n) is 10.1. The molecule has 9 heteroatoms. The molecule has 160 valence electrons. The third-order valence-corrected chi connectivity index (χ3v) is 5.17. The van der Waals surface area contributed by atoms with E-state index in [0.717, 1.165) is 33.5 Å². The van der Waals surface area contributed by atoms with Crippen molar-refractivity contribution < 1.29 is 4.42 Å². The highest BCUT2D eigenvalue weighted by molar-refractivity contribution is 5.88. The molecule has 5 rings (SSSR count). The molecule has 0 aliphatic carbocycles. The standard InChI is InChI=1S/C23H21N7O2/c1-23(2,3)30-18-9-8-13(14-11-25-21(24)26-12-14)10-17(18)27-19(30)15-6-4-5-7-16(15)20-28-29-22(31)32-20/h4-12H,1-3H3,(H,29,31)(H2,24,25,26). The molecular formula is C23H21N7O2. The zero-order valence-electron chi connectivity index (χ0n) is 17.8. The predicted octanol–water partition coefficient (Wildman–Crippen LogP) is 3.84. The van der Waals surface area contributed by atoms with Crippen LogP contribution < -0.4 is 11.5 Å². The largest absolute Gasteiger partial charge is 0.434 e. The summed E-state index contributed by atoms with van der Waals surface area (Å²) in [7, 11) is 0. The Labute approximate surface area is 183 Å². The second kappa shape index (κ2) is 7.16. The molecule has 2 aromatic carbocycles. The van der Waals surface area contributed by atoms with Gasteiger partial charge in [-0.3, -0.25) is 0 Å². The Kier molecular flexibility index (Phi) is 4.40. The highest BCUT2D eigenvalue weighted by atomic mass is 16.4. The van der Waals surface area contributed by atoms with E-state index in [2.05, 4.69) is 45.5 Å². The minimum Gasteiger partial charge on any atom is -0.388 e. The normalized spacial score (nSPS) is 11.8. The van der Waals surface area contributed by atoms with E-state index >= 15 is 0 Å². The molecule has 0 saturated heterocycles. The molecular weight excluding hydrogens is 406 g/mol. The van der Waals surface area contributed by atoms with Crippen molar-refractivity contribution in [1.29, 1.82) is 0 Å². The van der Waals surface area contributed by atoms with Gasteiger partial charge in [-0.05, 0) is 44.5 Å². The quantitative estimate of drug-likeness (QED) is 0.447. The van der Waals surface area contributed by atoms with Crippen LogP contribution >= 0.6 is 0 Å². The lowest BCUT2D eigenvalue weighted by atomic mass is 10.0. The number of nitrogens with zero attached hydrogens (tertiary/aromatic N) is 5. The third-order valence-electron chi connectivity index (χ3n) is 5.17. The highest BCUT2D eigenvalue weighted by Crippen LogP contribution is 2.36. The zero-order chi connectivity index (χ0) is 22.5. The van der Waals surface area contributed by atoms with Crippen LogP contribution in [0.25, 0.3) is 45.0 Å². The number of hydrogen-bond donors (Lipinski definition) is 2. The van der Waals surface area contributed by atoms with Crippen LogP contribution in [-0.2, 0) is 5.54 Å². The monoisotopic (exact) mass is 427 g/mol. The average molecular weight is 427 g/mol. The Morgan fingerprint density at radius 2 is 1.72 bits per heavy atom. The van der Waals surface area contributed by atoms with Crippen LogP contribution in [0.3, 0.4) is 0 Å². The van der Waals surface area contributed by atoms with Gasteiger partial charge in [-0.2, -0.15) is 0 Å². The summed E-state index contributed by atoms with van der Waals surface area (Å²) in [6.07, 6.45) is 3.39. The summed E-state index contributed by atoms with van der Waals surface area (Å²) in [4.78, 5) is 24.7. The lowest BCUT2D eigenvalue weighted by molar-refractivity contribution is 0.413. The van der Waals surface area contributed by atoms with Gasteiger partial charge >= 0.3 is 5.76 Å². The number of nitrogens with one attached hydrogen (secondary N) is 1. The van der Waals surface area contributed by atoms with Gasteiger partial charge in [-0.25, -0.2) is 24.8 Å². The molecule has 0 atom stereocenters. The number of hydrogen-bond acceptors (Lipinski definition) is 7. The lowest BCUT2D eigenvalue weighted by Gasteiger charge is -2.25. The van der Waals surface area contributed by atoms with Gasteiger partial charge in [-0.1, -0.05) is 24.3 Å². The molecule has 3 N–H and O–H groups in total. The van der Waals surface area contributed by atoms with Gasteiger partial charge in [0.15, 0.2) is 0 Å². The van der Waals surface area contributed by atoms with Gasteiger partial charge in [0.05, 0.1) is 11.0 Å². The maximum absolute atomic E-state index is 11.5. The Morgan fingerprint density at radius 3 is 2.38 bits per heavy atom. The van der Waals surface area contributed by atoms with Crippen molar-refractivity contribution in [3.8, 4) is 34.0 Å². The zero-order valence-corrected chi connectivity index (χ0v) is 17.8. The van der Waals surface area contributed by atoms with E-state index in [1.165, 1.54) is 0 Å². The topological polar surface area (TPSA) is 129 Å². The average Bonchev–Trinajstić information content (AvgIpc) is 3.37. The molecule has 0 aliphatic rings. The first-order chi connectivity index (χ1) is 15.3. The third kappa shape index (κ3) is 3.33. The van der Waals surface area contributed by atoms with Gasteiger partial charge in [0, 0.05) is 34.6 Å². The van der Waals surface area contributed by atoms with Crippen LogP contribution in [0.1, 0.15) is 20.8 Å². The second-order valence-corrected chi connectivity index (χ2v) is 8.44. The lowest BCUT2D eigenvalue weighted by Crippen LogP contribution is -2.22. The van der Waals surface area contributed by atoms with Gasteiger partial charge in [0.25, 0.3) is 0 Å². The second-order valence-electron chi connectivity index (χ2n) is 8.44. The number of aromatic nitrogens is 6. The number of imidazole rings is 1. The fourth-order valence-electron chi connectivity index (χ4n) is 3.82. The van der Waals surface area contributed by atoms with Crippen molar-refractivity contribution in [2.75, 3.05) is 5.73 Å².